The first-order valence-corrected chi connectivity index (χ1v) is 6.16. The van der Waals surface area contributed by atoms with E-state index < -0.39 is 11.7 Å². The third-order valence-electron chi connectivity index (χ3n) is 3.30. The zero-order valence-electron chi connectivity index (χ0n) is 11.6. The van der Waals surface area contributed by atoms with Crippen molar-refractivity contribution in [3.05, 3.63) is 46.5 Å². The number of aryl methyl sites for hydroxylation is 2. The number of hydrogen-bond acceptors (Lipinski definition) is 3. The first-order valence-electron chi connectivity index (χ1n) is 6.16. The predicted octanol–water partition coefficient (Wildman–Crippen LogP) is 1.81. The molecule has 0 aliphatic carbocycles. The maximum absolute atomic E-state index is 13.6. The number of nitrogens with one attached hydrogen (secondary N) is 1. The van der Waals surface area contributed by atoms with Gasteiger partial charge in [0.15, 0.2) is 0 Å². The number of phenolic OH excluding ortho intramolecular Hbond substituents is 1. The van der Waals surface area contributed by atoms with Crippen molar-refractivity contribution in [3.63, 3.8) is 0 Å². The van der Waals surface area contributed by atoms with Gasteiger partial charge in [0, 0.05) is 24.8 Å². The lowest BCUT2D eigenvalue weighted by Gasteiger charge is -2.08. The molecule has 0 radical (unpaired) electrons. The summed E-state index contributed by atoms with van der Waals surface area (Å²) in [6, 6.07) is 3.75. The van der Waals surface area contributed by atoms with Crippen LogP contribution in [-0.2, 0) is 13.6 Å². The number of rotatable bonds is 3. The number of carbonyl (C=O) groups is 1. The molecule has 0 unspecified atom stereocenters. The van der Waals surface area contributed by atoms with E-state index >= 15 is 0 Å². The Balaban J connectivity index is 2.17. The minimum Gasteiger partial charge on any atom is -0.507 e. The fourth-order valence-corrected chi connectivity index (χ4v) is 2.07. The molecule has 1 aromatic heterocycles. The van der Waals surface area contributed by atoms with Gasteiger partial charge in [-0.2, -0.15) is 5.10 Å². The van der Waals surface area contributed by atoms with Crippen LogP contribution in [0.1, 0.15) is 27.3 Å². The van der Waals surface area contributed by atoms with E-state index in [-0.39, 0.29) is 17.9 Å². The molecule has 2 rings (SSSR count). The molecule has 0 saturated heterocycles. The number of amides is 1. The lowest BCUT2D eigenvalue weighted by Crippen LogP contribution is -2.24. The second-order valence-electron chi connectivity index (χ2n) is 4.59. The van der Waals surface area contributed by atoms with Gasteiger partial charge in [0.25, 0.3) is 5.91 Å². The third-order valence-corrected chi connectivity index (χ3v) is 3.30. The minimum absolute atomic E-state index is 0.234. The summed E-state index contributed by atoms with van der Waals surface area (Å²) in [5, 5.41) is 16.4. The van der Waals surface area contributed by atoms with E-state index in [9.17, 15) is 14.3 Å². The number of phenols is 1. The molecular weight excluding hydrogens is 261 g/mol. The number of carbonyl (C=O) groups excluding carboxylic acids is 1. The maximum atomic E-state index is 13.6. The molecule has 0 bridgehead atoms. The topological polar surface area (TPSA) is 67.2 Å². The van der Waals surface area contributed by atoms with Crippen molar-refractivity contribution >= 4 is 5.91 Å². The molecule has 1 aromatic carbocycles. The van der Waals surface area contributed by atoms with Gasteiger partial charge in [-0.3, -0.25) is 9.48 Å². The van der Waals surface area contributed by atoms with Gasteiger partial charge in [-0.25, -0.2) is 4.39 Å². The second kappa shape index (κ2) is 5.32. The van der Waals surface area contributed by atoms with E-state index in [0.717, 1.165) is 23.0 Å². The molecule has 2 N–H and O–H groups in total. The molecule has 0 saturated carbocycles. The molecule has 0 aliphatic heterocycles. The van der Waals surface area contributed by atoms with Crippen LogP contribution in [0.15, 0.2) is 18.2 Å². The van der Waals surface area contributed by atoms with Crippen molar-refractivity contribution in [3.8, 4) is 5.75 Å². The number of benzene rings is 1. The first-order chi connectivity index (χ1) is 9.41. The summed E-state index contributed by atoms with van der Waals surface area (Å²) in [4.78, 5) is 12.0. The van der Waals surface area contributed by atoms with E-state index in [1.54, 1.807) is 4.68 Å². The van der Waals surface area contributed by atoms with Crippen molar-refractivity contribution in [2.45, 2.75) is 20.4 Å². The quantitative estimate of drug-likeness (QED) is 0.899. The number of aromatic hydroxyl groups is 1. The predicted molar refractivity (Wildman–Crippen MR) is 71.9 cm³/mol. The summed E-state index contributed by atoms with van der Waals surface area (Å²) in [5.41, 5.74) is 2.28. The standard InChI is InChI=1S/C14H16FN3O2/c1-8-10(9(2)18(3)17-8)7-16-14(20)13-11(15)5-4-6-12(13)19/h4-6,19H,7H2,1-3H3,(H,16,20). The Labute approximate surface area is 116 Å². The summed E-state index contributed by atoms with van der Waals surface area (Å²) in [7, 11) is 1.82. The van der Waals surface area contributed by atoms with Crippen LogP contribution in [0, 0.1) is 19.7 Å². The van der Waals surface area contributed by atoms with Crippen LogP contribution in [0.25, 0.3) is 0 Å². The largest absolute Gasteiger partial charge is 0.507 e. The van der Waals surface area contributed by atoms with E-state index in [1.165, 1.54) is 12.1 Å². The molecule has 2 aromatic rings. The zero-order chi connectivity index (χ0) is 14.9. The first kappa shape index (κ1) is 14.0. The van der Waals surface area contributed by atoms with Crippen LogP contribution < -0.4 is 5.32 Å². The van der Waals surface area contributed by atoms with Gasteiger partial charge in [-0.05, 0) is 26.0 Å². The van der Waals surface area contributed by atoms with E-state index in [4.69, 9.17) is 0 Å². The highest BCUT2D eigenvalue weighted by Crippen LogP contribution is 2.20. The van der Waals surface area contributed by atoms with Crippen molar-refractivity contribution in [2.24, 2.45) is 7.05 Å². The SMILES string of the molecule is Cc1nn(C)c(C)c1CNC(=O)c1c(O)cccc1F. The Hall–Kier alpha value is -2.37. The summed E-state index contributed by atoms with van der Waals surface area (Å²) >= 11 is 0. The average molecular weight is 277 g/mol. The molecule has 0 fully saturated rings. The number of hydrogen-bond donors (Lipinski definition) is 2. The highest BCUT2D eigenvalue weighted by molar-refractivity contribution is 5.97. The third kappa shape index (κ3) is 2.49. The molecule has 5 nitrogen and oxygen atoms in total. The Morgan fingerprint density at radius 3 is 2.70 bits per heavy atom. The average Bonchev–Trinajstić information content (AvgIpc) is 2.61. The second-order valence-corrected chi connectivity index (χ2v) is 4.59. The van der Waals surface area contributed by atoms with Crippen molar-refractivity contribution in [1.82, 2.24) is 15.1 Å². The lowest BCUT2D eigenvalue weighted by molar-refractivity contribution is 0.0944. The molecule has 6 heteroatoms. The van der Waals surface area contributed by atoms with Crippen molar-refractivity contribution in [1.29, 1.82) is 0 Å². The summed E-state index contributed by atoms with van der Waals surface area (Å²) in [6.45, 7) is 3.97. The van der Waals surface area contributed by atoms with Gasteiger partial charge >= 0.3 is 0 Å². The van der Waals surface area contributed by atoms with E-state index in [0.29, 0.717) is 0 Å². The summed E-state index contributed by atoms with van der Waals surface area (Å²) in [6.07, 6.45) is 0. The van der Waals surface area contributed by atoms with E-state index in [1.807, 2.05) is 20.9 Å². The van der Waals surface area contributed by atoms with Gasteiger partial charge < -0.3 is 10.4 Å². The molecule has 0 atom stereocenters. The minimum atomic E-state index is -0.748. The van der Waals surface area contributed by atoms with Crippen molar-refractivity contribution in [2.75, 3.05) is 0 Å². The molecular formula is C14H16FN3O2. The van der Waals surface area contributed by atoms with Crippen molar-refractivity contribution < 1.29 is 14.3 Å². The summed E-state index contributed by atoms with van der Waals surface area (Å²) in [5.74, 6) is -1.77. The monoisotopic (exact) mass is 277 g/mol. The Morgan fingerprint density at radius 2 is 2.15 bits per heavy atom. The molecule has 0 spiro atoms. The van der Waals surface area contributed by atoms with Crippen LogP contribution in [-0.4, -0.2) is 20.8 Å². The van der Waals surface area contributed by atoms with Crippen LogP contribution in [0.3, 0.4) is 0 Å². The van der Waals surface area contributed by atoms with Gasteiger partial charge in [-0.15, -0.1) is 0 Å². The number of halogens is 1. The molecule has 1 amide bonds. The molecule has 0 aliphatic rings. The number of aromatic nitrogens is 2. The maximum Gasteiger partial charge on any atom is 0.258 e. The van der Waals surface area contributed by atoms with Gasteiger partial charge in [0.1, 0.15) is 17.1 Å². The molecule has 20 heavy (non-hydrogen) atoms. The zero-order valence-corrected chi connectivity index (χ0v) is 11.6. The Bertz CT molecular complexity index is 644. The normalized spacial score (nSPS) is 10.6. The van der Waals surface area contributed by atoms with E-state index in [2.05, 4.69) is 10.4 Å². The van der Waals surface area contributed by atoms with Crippen LogP contribution in [0.2, 0.25) is 0 Å². The highest BCUT2D eigenvalue weighted by Gasteiger charge is 2.17. The van der Waals surface area contributed by atoms with Crippen LogP contribution in [0.5, 0.6) is 5.75 Å². The van der Waals surface area contributed by atoms with Crippen LogP contribution >= 0.6 is 0 Å². The Kier molecular flexibility index (Phi) is 3.74. The summed E-state index contributed by atoms with van der Waals surface area (Å²) < 4.78 is 15.3. The molecule has 1 heterocycles. The van der Waals surface area contributed by atoms with Gasteiger partial charge in [-0.1, -0.05) is 6.07 Å². The van der Waals surface area contributed by atoms with Crippen LogP contribution in [0.4, 0.5) is 4.39 Å². The lowest BCUT2D eigenvalue weighted by atomic mass is 10.1. The Morgan fingerprint density at radius 1 is 1.45 bits per heavy atom. The fraction of sp³-hybridized carbons (Fsp3) is 0.286. The highest BCUT2D eigenvalue weighted by atomic mass is 19.1. The fourth-order valence-electron chi connectivity index (χ4n) is 2.07. The van der Waals surface area contributed by atoms with Gasteiger partial charge in [0.2, 0.25) is 0 Å². The molecule has 106 valence electrons. The van der Waals surface area contributed by atoms with Gasteiger partial charge in [0.05, 0.1) is 5.69 Å². The number of nitrogens with zero attached hydrogens (tertiary/aromatic N) is 2. The smallest absolute Gasteiger partial charge is 0.258 e.